The lowest BCUT2D eigenvalue weighted by atomic mass is 9.87. The summed E-state index contributed by atoms with van der Waals surface area (Å²) in [6.07, 6.45) is 5.95. The van der Waals surface area contributed by atoms with Gasteiger partial charge in [-0.15, -0.1) is 0 Å². The van der Waals surface area contributed by atoms with Gasteiger partial charge in [-0.2, -0.15) is 0 Å². The molecule has 2 aliphatic rings. The van der Waals surface area contributed by atoms with Crippen molar-refractivity contribution in [2.75, 3.05) is 39.8 Å². The van der Waals surface area contributed by atoms with Crippen molar-refractivity contribution in [2.24, 2.45) is 5.41 Å². The quantitative estimate of drug-likeness (QED) is 0.649. The largest absolute Gasteiger partial charge is 0.304 e. The van der Waals surface area contributed by atoms with E-state index in [2.05, 4.69) is 16.8 Å². The van der Waals surface area contributed by atoms with Crippen LogP contribution in [0, 0.1) is 5.41 Å². The van der Waals surface area contributed by atoms with Crippen LogP contribution in [0.1, 0.15) is 25.7 Å². The summed E-state index contributed by atoms with van der Waals surface area (Å²) in [5.41, 5.74) is 0.00983. The molecule has 1 heterocycles. The van der Waals surface area contributed by atoms with Crippen LogP contribution in [0.2, 0.25) is 0 Å². The van der Waals surface area contributed by atoms with Crippen molar-refractivity contribution in [3.05, 3.63) is 0 Å². The summed E-state index contributed by atoms with van der Waals surface area (Å²) >= 11 is 0. The minimum atomic E-state index is 0.00983. The molecule has 0 radical (unpaired) electrons. The van der Waals surface area contributed by atoms with Gasteiger partial charge in [-0.25, -0.2) is 0 Å². The van der Waals surface area contributed by atoms with Gasteiger partial charge < -0.3 is 9.69 Å². The monoisotopic (exact) mass is 210 g/mol. The summed E-state index contributed by atoms with van der Waals surface area (Å²) in [7, 11) is 2.17. The highest BCUT2D eigenvalue weighted by molar-refractivity contribution is 5.60. The first-order chi connectivity index (χ1) is 7.24. The van der Waals surface area contributed by atoms with Crippen LogP contribution in [0.25, 0.3) is 0 Å². The van der Waals surface area contributed by atoms with Gasteiger partial charge in [0.15, 0.2) is 0 Å². The van der Waals surface area contributed by atoms with E-state index in [1.807, 2.05) is 0 Å². The van der Waals surface area contributed by atoms with Crippen LogP contribution in [-0.2, 0) is 4.79 Å². The molecule has 3 heteroatoms. The molecule has 1 aliphatic heterocycles. The molecule has 1 saturated heterocycles. The molecule has 2 fully saturated rings. The Labute approximate surface area is 92.4 Å². The highest BCUT2D eigenvalue weighted by Gasteiger charge is 2.35. The molecule has 0 aromatic carbocycles. The van der Waals surface area contributed by atoms with Crippen molar-refractivity contribution in [1.29, 1.82) is 0 Å². The van der Waals surface area contributed by atoms with E-state index in [0.717, 1.165) is 45.6 Å². The Balaban J connectivity index is 1.87. The van der Waals surface area contributed by atoms with Crippen molar-refractivity contribution in [2.45, 2.75) is 25.7 Å². The number of aldehydes is 1. The zero-order valence-electron chi connectivity index (χ0n) is 9.74. The number of piperazine rings is 1. The zero-order valence-corrected chi connectivity index (χ0v) is 9.74. The number of nitrogens with zero attached hydrogens (tertiary/aromatic N) is 2. The first-order valence-corrected chi connectivity index (χ1v) is 6.11. The molecule has 1 saturated carbocycles. The Kier molecular flexibility index (Phi) is 3.42. The maximum absolute atomic E-state index is 11.2. The molecule has 15 heavy (non-hydrogen) atoms. The van der Waals surface area contributed by atoms with Crippen LogP contribution in [0.15, 0.2) is 0 Å². The number of likely N-dealkylation sites (N-methyl/N-ethyl adjacent to an activating group) is 1. The van der Waals surface area contributed by atoms with Crippen LogP contribution < -0.4 is 0 Å². The van der Waals surface area contributed by atoms with Crippen molar-refractivity contribution >= 4 is 6.29 Å². The number of carbonyl (C=O) groups excluding carboxylic acids is 1. The Morgan fingerprint density at radius 2 is 1.73 bits per heavy atom. The molecule has 3 nitrogen and oxygen atoms in total. The van der Waals surface area contributed by atoms with Gasteiger partial charge in [0.2, 0.25) is 0 Å². The molecule has 0 aromatic heterocycles. The fraction of sp³-hybridized carbons (Fsp3) is 0.917. The second kappa shape index (κ2) is 4.62. The van der Waals surface area contributed by atoms with E-state index in [9.17, 15) is 4.79 Å². The van der Waals surface area contributed by atoms with Gasteiger partial charge in [0.1, 0.15) is 6.29 Å². The molecule has 0 unspecified atom stereocenters. The molecule has 0 N–H and O–H groups in total. The normalized spacial score (nSPS) is 28.1. The lowest BCUT2D eigenvalue weighted by Crippen LogP contribution is -2.48. The molecular formula is C12H22N2O. The van der Waals surface area contributed by atoms with Crippen LogP contribution in [-0.4, -0.2) is 55.9 Å². The molecular weight excluding hydrogens is 188 g/mol. The Morgan fingerprint density at radius 1 is 1.13 bits per heavy atom. The number of hydrogen-bond acceptors (Lipinski definition) is 3. The summed E-state index contributed by atoms with van der Waals surface area (Å²) < 4.78 is 0. The van der Waals surface area contributed by atoms with E-state index in [1.54, 1.807) is 0 Å². The van der Waals surface area contributed by atoms with Crippen molar-refractivity contribution < 1.29 is 4.79 Å². The predicted molar refractivity (Wildman–Crippen MR) is 60.9 cm³/mol. The molecule has 0 bridgehead atoms. The van der Waals surface area contributed by atoms with Crippen molar-refractivity contribution in [3.8, 4) is 0 Å². The van der Waals surface area contributed by atoms with Crippen LogP contribution in [0.5, 0.6) is 0 Å². The molecule has 0 atom stereocenters. The third kappa shape index (κ3) is 2.58. The van der Waals surface area contributed by atoms with E-state index in [1.165, 1.54) is 19.1 Å². The summed E-state index contributed by atoms with van der Waals surface area (Å²) in [4.78, 5) is 16.1. The van der Waals surface area contributed by atoms with Gasteiger partial charge in [-0.1, -0.05) is 12.8 Å². The zero-order chi connectivity index (χ0) is 10.7. The number of rotatable bonds is 3. The highest BCUT2D eigenvalue weighted by atomic mass is 16.1. The van der Waals surface area contributed by atoms with Gasteiger partial charge in [0.25, 0.3) is 0 Å². The second-order valence-corrected chi connectivity index (χ2v) is 5.27. The van der Waals surface area contributed by atoms with Crippen molar-refractivity contribution in [3.63, 3.8) is 0 Å². The molecule has 0 aromatic rings. The summed E-state index contributed by atoms with van der Waals surface area (Å²) in [6, 6.07) is 0. The summed E-state index contributed by atoms with van der Waals surface area (Å²) in [5, 5.41) is 0. The van der Waals surface area contributed by atoms with E-state index in [-0.39, 0.29) is 5.41 Å². The van der Waals surface area contributed by atoms with E-state index in [4.69, 9.17) is 0 Å². The lowest BCUT2D eigenvalue weighted by Gasteiger charge is -2.36. The Bertz CT molecular complexity index is 216. The SMILES string of the molecule is CN1CCN(CC2(C=O)CCCC2)CC1. The Morgan fingerprint density at radius 3 is 2.27 bits per heavy atom. The van der Waals surface area contributed by atoms with E-state index >= 15 is 0 Å². The first kappa shape index (κ1) is 11.1. The summed E-state index contributed by atoms with van der Waals surface area (Å²) in [5.74, 6) is 0. The molecule has 0 spiro atoms. The van der Waals surface area contributed by atoms with Gasteiger partial charge in [0.05, 0.1) is 0 Å². The van der Waals surface area contributed by atoms with Gasteiger partial charge >= 0.3 is 0 Å². The average Bonchev–Trinajstić information content (AvgIpc) is 2.71. The van der Waals surface area contributed by atoms with Crippen LogP contribution in [0.4, 0.5) is 0 Å². The lowest BCUT2D eigenvalue weighted by molar-refractivity contribution is -0.117. The summed E-state index contributed by atoms with van der Waals surface area (Å²) in [6.45, 7) is 5.56. The third-order valence-electron chi connectivity index (χ3n) is 3.98. The number of carbonyl (C=O) groups is 1. The van der Waals surface area contributed by atoms with Crippen LogP contribution >= 0.6 is 0 Å². The third-order valence-corrected chi connectivity index (χ3v) is 3.98. The van der Waals surface area contributed by atoms with Gasteiger partial charge in [0, 0.05) is 38.1 Å². The predicted octanol–water partition coefficient (Wildman–Crippen LogP) is 0.993. The minimum absolute atomic E-state index is 0.00983. The molecule has 2 rings (SSSR count). The highest BCUT2D eigenvalue weighted by Crippen LogP contribution is 2.36. The number of hydrogen-bond donors (Lipinski definition) is 0. The van der Waals surface area contributed by atoms with Gasteiger partial charge in [-0.05, 0) is 19.9 Å². The van der Waals surface area contributed by atoms with E-state index < -0.39 is 0 Å². The second-order valence-electron chi connectivity index (χ2n) is 5.27. The Hall–Kier alpha value is -0.410. The maximum Gasteiger partial charge on any atom is 0.127 e. The maximum atomic E-state index is 11.2. The topological polar surface area (TPSA) is 23.6 Å². The smallest absolute Gasteiger partial charge is 0.127 e. The minimum Gasteiger partial charge on any atom is -0.304 e. The standard InChI is InChI=1S/C12H22N2O/c1-13-6-8-14(9-7-13)10-12(11-15)4-2-3-5-12/h11H,2-10H2,1H3. The van der Waals surface area contributed by atoms with Gasteiger partial charge in [-0.3, -0.25) is 4.90 Å². The van der Waals surface area contributed by atoms with E-state index in [0.29, 0.717) is 0 Å². The average molecular weight is 210 g/mol. The fourth-order valence-corrected chi connectivity index (χ4v) is 2.84. The van der Waals surface area contributed by atoms with Crippen molar-refractivity contribution in [1.82, 2.24) is 9.80 Å². The molecule has 1 aliphatic carbocycles. The first-order valence-electron chi connectivity index (χ1n) is 6.11. The molecule has 0 amide bonds. The molecule has 86 valence electrons. The fourth-order valence-electron chi connectivity index (χ4n) is 2.84. The van der Waals surface area contributed by atoms with Crippen LogP contribution in [0.3, 0.4) is 0 Å².